The van der Waals surface area contributed by atoms with E-state index >= 15 is 0 Å². The van der Waals surface area contributed by atoms with Crippen LogP contribution in [-0.2, 0) is 4.74 Å². The van der Waals surface area contributed by atoms with Crippen LogP contribution in [0.3, 0.4) is 0 Å². The lowest BCUT2D eigenvalue weighted by Gasteiger charge is -2.39. The van der Waals surface area contributed by atoms with E-state index in [0.717, 1.165) is 12.0 Å². The highest BCUT2D eigenvalue weighted by Crippen LogP contribution is 2.39. The number of anilines is 2. The monoisotopic (exact) mass is 573 g/mol. The number of nitrogens with one attached hydrogen (secondary N) is 2. The largest absolute Gasteiger partial charge is 0.397 e. The Balaban J connectivity index is 1.56. The first-order chi connectivity index (χ1) is 20.1. The standard InChI is InChI=1S/C31H36FN7O3/c1-17(2)37-30(40)19-5-6-23(32)22(14-19)26-8-7-24(34)28(38-26)31(41)39-27-16-36-11-9-21(27)20-13-18(3)29(25(35)15-20)42-12-4-10-33/h5-9,11,14,16-18,20,25,29H,4,12-13,15,34-35H2,1-3H3,(H,37,40)(H,39,41)/t18-,20+,25+,29-/m0/s1. The van der Waals surface area contributed by atoms with E-state index in [1.165, 1.54) is 30.3 Å². The fourth-order valence-corrected chi connectivity index (χ4v) is 5.40. The SMILES string of the molecule is CC(C)NC(=O)c1ccc(F)c(-c2ccc(N)c(C(=O)Nc3cnccc3[C@H]3C[C@@H](N)[C@@H](OCCC#N)[C@@H](C)C3)n2)c1. The van der Waals surface area contributed by atoms with Crippen LogP contribution in [0.4, 0.5) is 15.8 Å². The van der Waals surface area contributed by atoms with Crippen LogP contribution in [0.1, 0.15) is 72.4 Å². The maximum Gasteiger partial charge on any atom is 0.276 e. The number of hydrogen-bond donors (Lipinski definition) is 4. The normalized spacial score (nSPS) is 20.1. The molecule has 0 saturated heterocycles. The number of pyridine rings is 2. The summed E-state index contributed by atoms with van der Waals surface area (Å²) in [6.07, 6.45) is 4.78. The van der Waals surface area contributed by atoms with Gasteiger partial charge in [0.2, 0.25) is 0 Å². The predicted octanol–water partition coefficient (Wildman–Crippen LogP) is 4.40. The van der Waals surface area contributed by atoms with Crippen LogP contribution in [0, 0.1) is 23.1 Å². The molecule has 0 spiro atoms. The van der Waals surface area contributed by atoms with Crippen molar-refractivity contribution >= 4 is 23.2 Å². The van der Waals surface area contributed by atoms with Gasteiger partial charge < -0.3 is 26.8 Å². The van der Waals surface area contributed by atoms with Crippen molar-refractivity contribution in [2.24, 2.45) is 11.7 Å². The first-order valence-corrected chi connectivity index (χ1v) is 14.0. The molecule has 0 radical (unpaired) electrons. The summed E-state index contributed by atoms with van der Waals surface area (Å²) in [5.41, 5.74) is 14.5. The number of amides is 2. The van der Waals surface area contributed by atoms with Crippen LogP contribution in [0.2, 0.25) is 0 Å². The molecule has 1 aliphatic carbocycles. The van der Waals surface area contributed by atoms with Crippen LogP contribution in [0.25, 0.3) is 11.3 Å². The molecule has 0 aliphatic heterocycles. The Hall–Kier alpha value is -4.40. The summed E-state index contributed by atoms with van der Waals surface area (Å²) in [5, 5.41) is 14.5. The Kier molecular flexibility index (Phi) is 9.83. The Morgan fingerprint density at radius 2 is 1.98 bits per heavy atom. The van der Waals surface area contributed by atoms with Crippen molar-refractivity contribution in [3.8, 4) is 17.3 Å². The lowest BCUT2D eigenvalue weighted by atomic mass is 9.74. The minimum absolute atomic E-state index is 0.0366. The van der Waals surface area contributed by atoms with Crippen molar-refractivity contribution in [3.05, 3.63) is 71.4 Å². The van der Waals surface area contributed by atoms with E-state index in [2.05, 4.69) is 33.6 Å². The molecular weight excluding hydrogens is 537 g/mol. The minimum Gasteiger partial charge on any atom is -0.397 e. The summed E-state index contributed by atoms with van der Waals surface area (Å²) in [6.45, 7) is 6.07. The molecule has 2 heterocycles. The number of nitrogens with two attached hydrogens (primary N) is 2. The number of ether oxygens (including phenoxy) is 1. The molecule has 1 aromatic carbocycles. The molecule has 0 unspecified atom stereocenters. The maximum atomic E-state index is 14.9. The molecule has 1 aliphatic rings. The summed E-state index contributed by atoms with van der Waals surface area (Å²) < 4.78 is 20.7. The van der Waals surface area contributed by atoms with Gasteiger partial charge in [-0.15, -0.1) is 0 Å². The van der Waals surface area contributed by atoms with Gasteiger partial charge in [-0.2, -0.15) is 5.26 Å². The maximum absolute atomic E-state index is 14.9. The fourth-order valence-electron chi connectivity index (χ4n) is 5.40. The second-order valence-corrected chi connectivity index (χ2v) is 10.9. The van der Waals surface area contributed by atoms with Gasteiger partial charge in [0.1, 0.15) is 5.82 Å². The van der Waals surface area contributed by atoms with Gasteiger partial charge in [-0.1, -0.05) is 6.92 Å². The van der Waals surface area contributed by atoms with Crippen molar-refractivity contribution in [2.75, 3.05) is 17.7 Å². The van der Waals surface area contributed by atoms with Gasteiger partial charge in [0, 0.05) is 29.4 Å². The number of benzene rings is 1. The van der Waals surface area contributed by atoms with Crippen LogP contribution >= 0.6 is 0 Å². The summed E-state index contributed by atoms with van der Waals surface area (Å²) in [4.78, 5) is 34.5. The Labute approximate surface area is 244 Å². The summed E-state index contributed by atoms with van der Waals surface area (Å²) in [5.74, 6) is -1.35. The number of nitrogens with zero attached hydrogens (tertiary/aromatic N) is 3. The van der Waals surface area contributed by atoms with Gasteiger partial charge in [0.25, 0.3) is 11.8 Å². The number of hydrogen-bond acceptors (Lipinski definition) is 8. The molecule has 4 atom stereocenters. The van der Waals surface area contributed by atoms with Gasteiger partial charge in [0.15, 0.2) is 5.69 Å². The van der Waals surface area contributed by atoms with Gasteiger partial charge >= 0.3 is 0 Å². The molecule has 4 rings (SSSR count). The zero-order valence-electron chi connectivity index (χ0n) is 23.9. The molecule has 42 heavy (non-hydrogen) atoms. The van der Waals surface area contributed by atoms with E-state index in [1.807, 2.05) is 19.9 Å². The second-order valence-electron chi connectivity index (χ2n) is 10.9. The van der Waals surface area contributed by atoms with E-state index in [1.54, 1.807) is 12.4 Å². The average Bonchev–Trinajstić information content (AvgIpc) is 2.95. The number of rotatable bonds is 9. The Bertz CT molecular complexity index is 1480. The summed E-state index contributed by atoms with van der Waals surface area (Å²) in [6, 6.07) is 10.6. The van der Waals surface area contributed by atoms with E-state index < -0.39 is 11.7 Å². The highest BCUT2D eigenvalue weighted by Gasteiger charge is 2.36. The molecule has 220 valence electrons. The first kappa shape index (κ1) is 30.6. The van der Waals surface area contributed by atoms with Crippen LogP contribution in [0.5, 0.6) is 0 Å². The van der Waals surface area contributed by atoms with E-state index in [9.17, 15) is 14.0 Å². The third-order valence-corrected chi connectivity index (χ3v) is 7.33. The average molecular weight is 574 g/mol. The second kappa shape index (κ2) is 13.5. The third kappa shape index (κ3) is 7.08. The van der Waals surface area contributed by atoms with Crippen molar-refractivity contribution in [1.82, 2.24) is 15.3 Å². The molecule has 6 N–H and O–H groups in total. The van der Waals surface area contributed by atoms with Gasteiger partial charge in [-0.05, 0) is 80.5 Å². The number of carbonyl (C=O) groups is 2. The third-order valence-electron chi connectivity index (χ3n) is 7.33. The lowest BCUT2D eigenvalue weighted by molar-refractivity contribution is -0.0198. The number of halogens is 1. The molecule has 11 heteroatoms. The van der Waals surface area contributed by atoms with Gasteiger partial charge in [-0.3, -0.25) is 14.6 Å². The van der Waals surface area contributed by atoms with Crippen molar-refractivity contribution in [3.63, 3.8) is 0 Å². The highest BCUT2D eigenvalue weighted by atomic mass is 19.1. The number of nitrogen functional groups attached to an aromatic ring is 1. The number of nitriles is 1. The fraction of sp³-hybridized carbons (Fsp3) is 0.387. The first-order valence-electron chi connectivity index (χ1n) is 14.0. The molecule has 2 amide bonds. The highest BCUT2D eigenvalue weighted by molar-refractivity contribution is 6.07. The smallest absolute Gasteiger partial charge is 0.276 e. The topological polar surface area (TPSA) is 169 Å². The molecule has 3 aromatic rings. The van der Waals surface area contributed by atoms with Gasteiger partial charge in [0.05, 0.1) is 48.5 Å². The molecule has 1 saturated carbocycles. The van der Waals surface area contributed by atoms with Crippen molar-refractivity contribution in [2.45, 2.75) is 64.1 Å². The summed E-state index contributed by atoms with van der Waals surface area (Å²) in [7, 11) is 0. The predicted molar refractivity (Wildman–Crippen MR) is 158 cm³/mol. The van der Waals surface area contributed by atoms with E-state index in [4.69, 9.17) is 21.5 Å². The molecular formula is C31H36FN7O3. The minimum atomic E-state index is -0.591. The Morgan fingerprint density at radius 3 is 2.69 bits per heavy atom. The molecule has 10 nitrogen and oxygen atoms in total. The van der Waals surface area contributed by atoms with Crippen LogP contribution in [-0.4, -0.2) is 46.6 Å². The number of carbonyl (C=O) groups excluding carboxylic acids is 2. The van der Waals surface area contributed by atoms with Crippen molar-refractivity contribution in [1.29, 1.82) is 5.26 Å². The Morgan fingerprint density at radius 1 is 1.19 bits per heavy atom. The van der Waals surface area contributed by atoms with Gasteiger partial charge in [-0.25, -0.2) is 9.37 Å². The summed E-state index contributed by atoms with van der Waals surface area (Å²) >= 11 is 0. The molecule has 1 fully saturated rings. The van der Waals surface area contributed by atoms with Crippen LogP contribution < -0.4 is 22.1 Å². The molecule has 0 bridgehead atoms. The van der Waals surface area contributed by atoms with E-state index in [0.29, 0.717) is 25.1 Å². The lowest BCUT2D eigenvalue weighted by Crippen LogP contribution is -2.46. The van der Waals surface area contributed by atoms with Crippen LogP contribution in [0.15, 0.2) is 48.8 Å². The van der Waals surface area contributed by atoms with Crippen molar-refractivity contribution < 1.29 is 18.7 Å². The van der Waals surface area contributed by atoms with E-state index in [-0.39, 0.29) is 64.1 Å². The number of aromatic nitrogens is 2. The zero-order valence-corrected chi connectivity index (χ0v) is 23.9. The molecule has 2 aromatic heterocycles. The quantitative estimate of drug-likeness (QED) is 0.273. The zero-order chi connectivity index (χ0) is 30.4.